The van der Waals surface area contributed by atoms with Gasteiger partial charge in [-0.15, -0.1) is 10.2 Å². The van der Waals surface area contributed by atoms with Gasteiger partial charge in [-0.2, -0.15) is 0 Å². The van der Waals surface area contributed by atoms with Crippen LogP contribution in [0.4, 0.5) is 0 Å². The van der Waals surface area contributed by atoms with Crippen LogP contribution in [0.3, 0.4) is 0 Å². The number of benzene rings is 2. The quantitative estimate of drug-likeness (QED) is 0.755. The zero-order valence-corrected chi connectivity index (χ0v) is 15.2. The lowest BCUT2D eigenvalue weighted by Gasteiger charge is -2.16. The Labute approximate surface area is 158 Å². The van der Waals surface area contributed by atoms with E-state index in [0.29, 0.717) is 11.5 Å². The van der Waals surface area contributed by atoms with Crippen molar-refractivity contribution in [1.29, 1.82) is 0 Å². The van der Waals surface area contributed by atoms with Gasteiger partial charge < -0.3 is 9.67 Å². The Morgan fingerprint density at radius 3 is 2.67 bits per heavy atom. The zero-order valence-electron chi connectivity index (χ0n) is 15.2. The molecule has 0 saturated carbocycles. The molecule has 1 aromatic heterocycles. The number of likely N-dealkylation sites (tertiary alicyclic amines) is 1. The van der Waals surface area contributed by atoms with Crippen molar-refractivity contribution in [1.82, 2.24) is 19.7 Å². The van der Waals surface area contributed by atoms with Crippen molar-refractivity contribution >= 4 is 5.97 Å². The third-order valence-corrected chi connectivity index (χ3v) is 5.21. The Morgan fingerprint density at radius 2 is 1.96 bits per heavy atom. The Hall–Kier alpha value is -2.99. The Morgan fingerprint density at radius 1 is 1.19 bits per heavy atom. The smallest absolute Gasteiger partial charge is 0.336 e. The molecule has 1 aliphatic heterocycles. The number of hydrogen-bond donors (Lipinski definition) is 1. The molecule has 0 aliphatic carbocycles. The fourth-order valence-electron chi connectivity index (χ4n) is 3.82. The number of aromatic nitrogens is 3. The fraction of sp³-hybridized carbons (Fsp3) is 0.286. The molecule has 2 heterocycles. The largest absolute Gasteiger partial charge is 0.478 e. The molecule has 0 radical (unpaired) electrons. The molecule has 0 spiro atoms. The number of hydrogen-bond acceptors (Lipinski definition) is 4. The van der Waals surface area contributed by atoms with Crippen LogP contribution in [0.5, 0.6) is 0 Å². The second-order valence-electron chi connectivity index (χ2n) is 7.07. The van der Waals surface area contributed by atoms with Gasteiger partial charge in [0.05, 0.1) is 5.56 Å². The summed E-state index contributed by atoms with van der Waals surface area (Å²) in [4.78, 5) is 13.9. The number of rotatable bonds is 5. The van der Waals surface area contributed by atoms with Crippen LogP contribution in [0.25, 0.3) is 11.1 Å². The molecule has 1 atom stereocenters. The summed E-state index contributed by atoms with van der Waals surface area (Å²) in [5, 5.41) is 17.6. The lowest BCUT2D eigenvalue weighted by Crippen LogP contribution is -2.20. The molecule has 138 valence electrons. The average molecular weight is 362 g/mol. The number of carboxylic acid groups (broad SMARTS) is 1. The lowest BCUT2D eigenvalue weighted by molar-refractivity contribution is 0.0697. The molecule has 27 heavy (non-hydrogen) atoms. The van der Waals surface area contributed by atoms with E-state index in [1.54, 1.807) is 18.5 Å². The summed E-state index contributed by atoms with van der Waals surface area (Å²) in [6.45, 7) is 2.91. The molecule has 1 unspecified atom stereocenters. The average Bonchev–Trinajstić information content (AvgIpc) is 3.31. The minimum Gasteiger partial charge on any atom is -0.478 e. The van der Waals surface area contributed by atoms with Gasteiger partial charge >= 0.3 is 5.97 Å². The van der Waals surface area contributed by atoms with Crippen LogP contribution < -0.4 is 0 Å². The third kappa shape index (κ3) is 3.61. The molecule has 1 saturated heterocycles. The predicted octanol–water partition coefficient (Wildman–Crippen LogP) is 3.17. The van der Waals surface area contributed by atoms with Crippen molar-refractivity contribution in [2.75, 3.05) is 13.1 Å². The zero-order chi connectivity index (χ0) is 18.8. The highest BCUT2D eigenvalue weighted by Crippen LogP contribution is 2.28. The maximum Gasteiger partial charge on any atom is 0.336 e. The molecule has 4 rings (SSSR count). The summed E-state index contributed by atoms with van der Waals surface area (Å²) >= 11 is 0. The molecular formula is C21H22N4O2. The summed E-state index contributed by atoms with van der Waals surface area (Å²) in [5.74, 6) is 0.582. The van der Waals surface area contributed by atoms with E-state index in [4.69, 9.17) is 0 Å². The van der Waals surface area contributed by atoms with Crippen molar-refractivity contribution < 1.29 is 9.90 Å². The van der Waals surface area contributed by atoms with E-state index in [-0.39, 0.29) is 0 Å². The number of carbonyl (C=O) groups is 1. The molecule has 0 amide bonds. The van der Waals surface area contributed by atoms with E-state index in [0.717, 1.165) is 43.0 Å². The van der Waals surface area contributed by atoms with E-state index >= 15 is 0 Å². The van der Waals surface area contributed by atoms with Crippen molar-refractivity contribution in [3.63, 3.8) is 0 Å². The highest BCUT2D eigenvalue weighted by molar-refractivity contribution is 5.95. The van der Waals surface area contributed by atoms with Gasteiger partial charge in [0.1, 0.15) is 12.2 Å². The van der Waals surface area contributed by atoms with Gasteiger partial charge in [0.15, 0.2) is 0 Å². The highest BCUT2D eigenvalue weighted by atomic mass is 16.4. The van der Waals surface area contributed by atoms with E-state index in [1.807, 2.05) is 35.9 Å². The first-order valence-corrected chi connectivity index (χ1v) is 9.09. The Bertz CT molecular complexity index is 949. The third-order valence-electron chi connectivity index (χ3n) is 5.21. The van der Waals surface area contributed by atoms with Crippen LogP contribution in [-0.4, -0.2) is 43.8 Å². The second-order valence-corrected chi connectivity index (χ2v) is 7.07. The second kappa shape index (κ2) is 7.32. The Kier molecular flexibility index (Phi) is 4.73. The first-order valence-electron chi connectivity index (χ1n) is 9.09. The van der Waals surface area contributed by atoms with Gasteiger partial charge in [0.2, 0.25) is 0 Å². The van der Waals surface area contributed by atoms with Crippen molar-refractivity contribution in [3.8, 4) is 11.1 Å². The van der Waals surface area contributed by atoms with Gasteiger partial charge in [-0.1, -0.05) is 42.5 Å². The van der Waals surface area contributed by atoms with Gasteiger partial charge in [-0.25, -0.2) is 4.79 Å². The topological polar surface area (TPSA) is 71.2 Å². The standard InChI is InChI=1S/C21H22N4O2/c1-24-14-22-23-20(24)17-10-11-25(13-17)12-15-6-8-16(9-7-15)18-4-2-3-5-19(18)21(26)27/h2-9,14,17H,10-13H2,1H3,(H,26,27). The predicted molar refractivity (Wildman–Crippen MR) is 102 cm³/mol. The van der Waals surface area contributed by atoms with Crippen LogP contribution in [0, 0.1) is 0 Å². The summed E-state index contributed by atoms with van der Waals surface area (Å²) in [5.41, 5.74) is 3.23. The first-order chi connectivity index (χ1) is 13.1. The van der Waals surface area contributed by atoms with Crippen LogP contribution in [0.2, 0.25) is 0 Å². The van der Waals surface area contributed by atoms with E-state index in [1.165, 1.54) is 5.56 Å². The number of carboxylic acids is 1. The van der Waals surface area contributed by atoms with Gasteiger partial charge in [0.25, 0.3) is 0 Å². The molecule has 1 aliphatic rings. The van der Waals surface area contributed by atoms with Crippen molar-refractivity contribution in [3.05, 3.63) is 71.8 Å². The van der Waals surface area contributed by atoms with Gasteiger partial charge in [0, 0.05) is 26.1 Å². The van der Waals surface area contributed by atoms with E-state index in [2.05, 4.69) is 27.2 Å². The van der Waals surface area contributed by atoms with Crippen LogP contribution in [0.15, 0.2) is 54.9 Å². The van der Waals surface area contributed by atoms with Crippen LogP contribution in [-0.2, 0) is 13.6 Å². The molecule has 1 N–H and O–H groups in total. The molecule has 0 bridgehead atoms. The summed E-state index contributed by atoms with van der Waals surface area (Å²) < 4.78 is 2.00. The molecular weight excluding hydrogens is 340 g/mol. The van der Waals surface area contributed by atoms with Crippen molar-refractivity contribution in [2.24, 2.45) is 7.05 Å². The molecule has 1 fully saturated rings. The normalized spacial score (nSPS) is 17.3. The molecule has 6 heteroatoms. The molecule has 6 nitrogen and oxygen atoms in total. The fourth-order valence-corrected chi connectivity index (χ4v) is 3.82. The number of aromatic carboxylic acids is 1. The van der Waals surface area contributed by atoms with Gasteiger partial charge in [-0.3, -0.25) is 4.90 Å². The highest BCUT2D eigenvalue weighted by Gasteiger charge is 2.27. The number of aryl methyl sites for hydroxylation is 1. The van der Waals surface area contributed by atoms with E-state index < -0.39 is 5.97 Å². The minimum absolute atomic E-state index is 0.330. The maximum absolute atomic E-state index is 11.4. The SMILES string of the molecule is Cn1cnnc1C1CCN(Cc2ccc(-c3ccccc3C(=O)O)cc2)C1. The molecule has 2 aromatic carbocycles. The summed E-state index contributed by atoms with van der Waals surface area (Å²) in [6, 6.07) is 15.3. The summed E-state index contributed by atoms with van der Waals surface area (Å²) in [6.07, 6.45) is 2.85. The number of nitrogens with zero attached hydrogens (tertiary/aromatic N) is 4. The van der Waals surface area contributed by atoms with Crippen LogP contribution >= 0.6 is 0 Å². The lowest BCUT2D eigenvalue weighted by atomic mass is 9.98. The first kappa shape index (κ1) is 17.4. The van der Waals surface area contributed by atoms with Gasteiger partial charge in [-0.05, 0) is 35.7 Å². The monoisotopic (exact) mass is 362 g/mol. The molecule has 3 aromatic rings. The van der Waals surface area contributed by atoms with Crippen molar-refractivity contribution in [2.45, 2.75) is 18.9 Å². The Balaban J connectivity index is 1.45. The maximum atomic E-state index is 11.4. The van der Waals surface area contributed by atoms with Crippen LogP contribution in [0.1, 0.15) is 34.1 Å². The summed E-state index contributed by atoms with van der Waals surface area (Å²) in [7, 11) is 1.99. The minimum atomic E-state index is -0.901. The van der Waals surface area contributed by atoms with E-state index in [9.17, 15) is 9.90 Å².